The normalized spacial score (nSPS) is 18.6. The number of carbonyl (C=O) groups excluding carboxylic acids is 1. The summed E-state index contributed by atoms with van der Waals surface area (Å²) in [6.07, 6.45) is 0.190. The molecular formula is C15H17N3O3S2. The minimum atomic E-state index is -3.58. The first-order valence-corrected chi connectivity index (χ1v) is 9.70. The zero-order valence-electron chi connectivity index (χ0n) is 12.6. The van der Waals surface area contributed by atoms with Crippen molar-refractivity contribution in [2.75, 3.05) is 17.2 Å². The Morgan fingerprint density at radius 1 is 1.35 bits per heavy atom. The minimum Gasteiger partial charge on any atom is -0.288 e. The van der Waals surface area contributed by atoms with Crippen LogP contribution in [-0.4, -0.2) is 31.6 Å². The van der Waals surface area contributed by atoms with Gasteiger partial charge in [-0.15, -0.1) is 11.3 Å². The number of benzene rings is 1. The SMILES string of the molecule is Cc1sc(N2CC(CS(N)(=O)=O)CC2=O)nc1-c1ccccc1. The molecule has 0 aliphatic carbocycles. The maximum atomic E-state index is 12.2. The summed E-state index contributed by atoms with van der Waals surface area (Å²) in [6, 6.07) is 9.77. The van der Waals surface area contributed by atoms with Crippen LogP contribution in [0.3, 0.4) is 0 Å². The molecule has 1 unspecified atom stereocenters. The number of hydrogen-bond donors (Lipinski definition) is 1. The van der Waals surface area contributed by atoms with Crippen LogP contribution in [0.15, 0.2) is 30.3 Å². The third-order valence-corrected chi connectivity index (χ3v) is 5.67. The van der Waals surface area contributed by atoms with Crippen LogP contribution in [0.25, 0.3) is 11.3 Å². The van der Waals surface area contributed by atoms with E-state index in [1.807, 2.05) is 37.3 Å². The van der Waals surface area contributed by atoms with E-state index in [4.69, 9.17) is 5.14 Å². The first kappa shape index (κ1) is 16.1. The molecule has 1 fully saturated rings. The molecule has 0 bridgehead atoms. The summed E-state index contributed by atoms with van der Waals surface area (Å²) < 4.78 is 22.4. The van der Waals surface area contributed by atoms with Crippen molar-refractivity contribution in [3.63, 3.8) is 0 Å². The van der Waals surface area contributed by atoms with E-state index in [1.165, 1.54) is 11.3 Å². The highest BCUT2D eigenvalue weighted by Gasteiger charge is 2.34. The van der Waals surface area contributed by atoms with Gasteiger partial charge in [0.05, 0.1) is 11.4 Å². The Morgan fingerprint density at radius 2 is 2.04 bits per heavy atom. The van der Waals surface area contributed by atoms with E-state index in [0.717, 1.165) is 16.1 Å². The van der Waals surface area contributed by atoms with Crippen molar-refractivity contribution in [2.24, 2.45) is 11.1 Å². The van der Waals surface area contributed by atoms with Crippen molar-refractivity contribution in [1.29, 1.82) is 0 Å². The average Bonchev–Trinajstić information content (AvgIpc) is 3.01. The van der Waals surface area contributed by atoms with Crippen molar-refractivity contribution >= 4 is 32.4 Å². The van der Waals surface area contributed by atoms with E-state index in [2.05, 4.69) is 4.98 Å². The Bertz CT molecular complexity index is 831. The molecule has 2 aromatic rings. The van der Waals surface area contributed by atoms with Gasteiger partial charge in [0, 0.05) is 29.3 Å². The maximum Gasteiger partial charge on any atom is 0.229 e. The van der Waals surface area contributed by atoms with Gasteiger partial charge in [-0.05, 0) is 6.92 Å². The summed E-state index contributed by atoms with van der Waals surface area (Å²) >= 11 is 1.44. The fourth-order valence-electron chi connectivity index (χ4n) is 2.77. The van der Waals surface area contributed by atoms with Gasteiger partial charge in [-0.3, -0.25) is 9.69 Å². The molecule has 0 spiro atoms. The quantitative estimate of drug-likeness (QED) is 0.908. The van der Waals surface area contributed by atoms with Crippen molar-refractivity contribution in [3.05, 3.63) is 35.2 Å². The maximum absolute atomic E-state index is 12.2. The van der Waals surface area contributed by atoms with Crippen LogP contribution in [0.4, 0.5) is 5.13 Å². The van der Waals surface area contributed by atoms with Gasteiger partial charge in [0.1, 0.15) is 0 Å². The molecule has 1 amide bonds. The summed E-state index contributed by atoms with van der Waals surface area (Å²) in [5.41, 5.74) is 1.86. The molecule has 0 saturated carbocycles. The molecule has 1 aliphatic heterocycles. The summed E-state index contributed by atoms with van der Waals surface area (Å²) in [4.78, 5) is 19.4. The number of rotatable bonds is 4. The van der Waals surface area contributed by atoms with Crippen LogP contribution in [0.5, 0.6) is 0 Å². The molecule has 1 saturated heterocycles. The number of sulfonamides is 1. The number of carbonyl (C=O) groups is 1. The Balaban J connectivity index is 1.84. The number of thiazole rings is 1. The van der Waals surface area contributed by atoms with Crippen LogP contribution in [0, 0.1) is 12.8 Å². The number of amides is 1. The number of anilines is 1. The van der Waals surface area contributed by atoms with Crippen molar-refractivity contribution in [3.8, 4) is 11.3 Å². The summed E-state index contributed by atoms with van der Waals surface area (Å²) in [5, 5.41) is 5.69. The Morgan fingerprint density at radius 3 is 2.70 bits per heavy atom. The largest absolute Gasteiger partial charge is 0.288 e. The molecule has 23 heavy (non-hydrogen) atoms. The molecule has 1 atom stereocenters. The Kier molecular flexibility index (Phi) is 4.22. The number of primary sulfonamides is 1. The Hall–Kier alpha value is -1.77. The van der Waals surface area contributed by atoms with Crippen LogP contribution in [0.1, 0.15) is 11.3 Å². The van der Waals surface area contributed by atoms with Gasteiger partial charge in [0.25, 0.3) is 0 Å². The van der Waals surface area contributed by atoms with E-state index >= 15 is 0 Å². The number of nitrogens with two attached hydrogens (primary N) is 1. The van der Waals surface area contributed by atoms with Gasteiger partial charge in [-0.1, -0.05) is 30.3 Å². The minimum absolute atomic E-state index is 0.105. The van der Waals surface area contributed by atoms with Crippen LogP contribution < -0.4 is 10.0 Å². The van der Waals surface area contributed by atoms with Crippen LogP contribution >= 0.6 is 11.3 Å². The second-order valence-corrected chi connectivity index (χ2v) is 8.51. The molecule has 3 rings (SSSR count). The molecule has 122 valence electrons. The second-order valence-electron chi connectivity index (χ2n) is 5.67. The summed E-state index contributed by atoms with van der Waals surface area (Å²) in [6.45, 7) is 2.31. The van der Waals surface area contributed by atoms with Crippen molar-refractivity contribution in [2.45, 2.75) is 13.3 Å². The molecule has 2 N–H and O–H groups in total. The summed E-state index contributed by atoms with van der Waals surface area (Å²) in [7, 11) is -3.58. The number of hydrogen-bond acceptors (Lipinski definition) is 5. The Labute approximate surface area is 139 Å². The fourth-order valence-corrected chi connectivity index (χ4v) is 4.61. The zero-order valence-corrected chi connectivity index (χ0v) is 14.2. The molecule has 1 aliphatic rings. The molecule has 8 heteroatoms. The monoisotopic (exact) mass is 351 g/mol. The van der Waals surface area contributed by atoms with E-state index in [9.17, 15) is 13.2 Å². The first-order valence-electron chi connectivity index (χ1n) is 7.17. The molecule has 2 heterocycles. The van der Waals surface area contributed by atoms with Crippen LogP contribution in [-0.2, 0) is 14.8 Å². The zero-order chi connectivity index (χ0) is 16.6. The van der Waals surface area contributed by atoms with Gasteiger partial charge in [0.2, 0.25) is 15.9 Å². The summed E-state index contributed by atoms with van der Waals surface area (Å²) in [5.74, 6) is -0.556. The molecule has 0 radical (unpaired) electrons. The van der Waals surface area contributed by atoms with Gasteiger partial charge in [0.15, 0.2) is 5.13 Å². The lowest BCUT2D eigenvalue weighted by atomic mass is 10.1. The third-order valence-electron chi connectivity index (χ3n) is 3.74. The number of nitrogens with zero attached hydrogens (tertiary/aromatic N) is 2. The van der Waals surface area contributed by atoms with Gasteiger partial charge >= 0.3 is 0 Å². The predicted octanol–water partition coefficient (Wildman–Crippen LogP) is 1.76. The molecule has 1 aromatic carbocycles. The van der Waals surface area contributed by atoms with Gasteiger partial charge in [-0.25, -0.2) is 18.5 Å². The molecular weight excluding hydrogens is 334 g/mol. The first-order chi connectivity index (χ1) is 10.8. The van der Waals surface area contributed by atoms with Gasteiger partial charge in [-0.2, -0.15) is 0 Å². The smallest absolute Gasteiger partial charge is 0.229 e. The third kappa shape index (κ3) is 3.60. The highest BCUT2D eigenvalue weighted by molar-refractivity contribution is 7.89. The lowest BCUT2D eigenvalue weighted by Gasteiger charge is -2.12. The highest BCUT2D eigenvalue weighted by atomic mass is 32.2. The molecule has 6 nitrogen and oxygen atoms in total. The molecule has 1 aromatic heterocycles. The standard InChI is InChI=1S/C15H17N3O3S2/c1-10-14(12-5-3-2-4-6-12)17-15(22-10)18-8-11(7-13(18)19)9-23(16,20)21/h2-6,11H,7-9H2,1H3,(H2,16,20,21). The van der Waals surface area contributed by atoms with E-state index < -0.39 is 10.0 Å². The van der Waals surface area contributed by atoms with Gasteiger partial charge < -0.3 is 0 Å². The topological polar surface area (TPSA) is 93.4 Å². The van der Waals surface area contributed by atoms with E-state index in [-0.39, 0.29) is 24.0 Å². The van der Waals surface area contributed by atoms with Crippen molar-refractivity contribution < 1.29 is 13.2 Å². The van der Waals surface area contributed by atoms with E-state index in [1.54, 1.807) is 4.90 Å². The highest BCUT2D eigenvalue weighted by Crippen LogP contribution is 2.35. The predicted molar refractivity (Wildman–Crippen MR) is 90.7 cm³/mol. The fraction of sp³-hybridized carbons (Fsp3) is 0.333. The van der Waals surface area contributed by atoms with Crippen molar-refractivity contribution in [1.82, 2.24) is 4.98 Å². The van der Waals surface area contributed by atoms with E-state index in [0.29, 0.717) is 11.7 Å². The number of aryl methyl sites for hydroxylation is 1. The lowest BCUT2D eigenvalue weighted by Crippen LogP contribution is -2.27. The number of aromatic nitrogens is 1. The van der Waals surface area contributed by atoms with Crippen LogP contribution in [0.2, 0.25) is 0 Å². The average molecular weight is 351 g/mol. The second kappa shape index (κ2) is 6.03. The lowest BCUT2D eigenvalue weighted by molar-refractivity contribution is -0.117.